The fraction of sp³-hybridized carbons (Fsp3) is 1.00. The molecule has 2 aliphatic rings. The summed E-state index contributed by atoms with van der Waals surface area (Å²) in [6.45, 7) is 7.97. The first-order valence-corrected chi connectivity index (χ1v) is 8.05. The molecule has 2 fully saturated rings. The molecule has 0 aromatic carbocycles. The van der Waals surface area contributed by atoms with Crippen LogP contribution in [0.3, 0.4) is 0 Å². The Balaban J connectivity index is 1.90. The van der Waals surface area contributed by atoms with Crippen molar-refractivity contribution in [2.45, 2.75) is 89.9 Å². The molecule has 0 aromatic heterocycles. The second-order valence-electron chi connectivity index (χ2n) is 6.76. The van der Waals surface area contributed by atoms with Gasteiger partial charge in [-0.2, -0.15) is 0 Å². The Morgan fingerprint density at radius 2 is 2.11 bits per heavy atom. The molecule has 3 unspecified atom stereocenters. The van der Waals surface area contributed by atoms with Gasteiger partial charge < -0.3 is 10.1 Å². The molecule has 2 heteroatoms. The van der Waals surface area contributed by atoms with Crippen LogP contribution in [-0.4, -0.2) is 24.3 Å². The quantitative estimate of drug-likeness (QED) is 0.743. The average Bonchev–Trinajstić information content (AvgIpc) is 3.10. The fourth-order valence-electron chi connectivity index (χ4n) is 3.43. The van der Waals surface area contributed by atoms with Gasteiger partial charge in [-0.3, -0.25) is 0 Å². The van der Waals surface area contributed by atoms with E-state index in [9.17, 15) is 0 Å². The van der Waals surface area contributed by atoms with Gasteiger partial charge in [0.15, 0.2) is 0 Å². The van der Waals surface area contributed by atoms with Crippen molar-refractivity contribution in [3.63, 3.8) is 0 Å². The van der Waals surface area contributed by atoms with Gasteiger partial charge in [0.1, 0.15) is 0 Å². The minimum atomic E-state index is 0.134. The van der Waals surface area contributed by atoms with Crippen molar-refractivity contribution in [1.82, 2.24) is 5.32 Å². The summed E-state index contributed by atoms with van der Waals surface area (Å²) in [5.41, 5.74) is 0.134. The zero-order valence-corrected chi connectivity index (χ0v) is 12.5. The van der Waals surface area contributed by atoms with Crippen LogP contribution in [0.4, 0.5) is 0 Å². The highest BCUT2D eigenvalue weighted by molar-refractivity contribution is 4.93. The predicted molar refractivity (Wildman–Crippen MR) is 76.8 cm³/mol. The number of ether oxygens (including phenoxy) is 1. The van der Waals surface area contributed by atoms with Crippen LogP contribution in [0, 0.1) is 5.92 Å². The van der Waals surface area contributed by atoms with E-state index >= 15 is 0 Å². The Hall–Kier alpha value is -0.0800. The maximum Gasteiger partial charge on any atom is 0.0812 e. The predicted octanol–water partition coefficient (Wildman–Crippen LogP) is 3.89. The van der Waals surface area contributed by atoms with Gasteiger partial charge in [-0.25, -0.2) is 0 Å². The highest BCUT2D eigenvalue weighted by Crippen LogP contribution is 2.36. The van der Waals surface area contributed by atoms with Gasteiger partial charge >= 0.3 is 0 Å². The average molecular weight is 253 g/mol. The van der Waals surface area contributed by atoms with Gasteiger partial charge in [0.2, 0.25) is 0 Å². The zero-order chi connectivity index (χ0) is 13.0. The summed E-state index contributed by atoms with van der Waals surface area (Å²) in [6, 6.07) is 0.796. The highest BCUT2D eigenvalue weighted by Gasteiger charge is 2.38. The Morgan fingerprint density at radius 1 is 1.33 bits per heavy atom. The molecule has 0 aliphatic heterocycles. The fourth-order valence-corrected chi connectivity index (χ4v) is 3.43. The SMILES string of the molecule is CCCC(C)OC1(CNC2CC2)CCCC(C)C1. The minimum absolute atomic E-state index is 0.134. The van der Waals surface area contributed by atoms with E-state index in [1.807, 2.05) is 0 Å². The number of rotatable bonds is 7. The number of hydrogen-bond acceptors (Lipinski definition) is 2. The van der Waals surface area contributed by atoms with Gasteiger partial charge in [0.25, 0.3) is 0 Å². The van der Waals surface area contributed by atoms with Crippen molar-refractivity contribution in [2.24, 2.45) is 5.92 Å². The summed E-state index contributed by atoms with van der Waals surface area (Å²) < 4.78 is 6.51. The molecule has 2 nitrogen and oxygen atoms in total. The van der Waals surface area contributed by atoms with Crippen LogP contribution in [0.1, 0.15) is 72.1 Å². The van der Waals surface area contributed by atoms with E-state index in [-0.39, 0.29) is 5.60 Å². The topological polar surface area (TPSA) is 21.3 Å². The van der Waals surface area contributed by atoms with Crippen LogP contribution in [0.5, 0.6) is 0 Å². The van der Waals surface area contributed by atoms with Gasteiger partial charge in [0, 0.05) is 12.6 Å². The zero-order valence-electron chi connectivity index (χ0n) is 12.5. The van der Waals surface area contributed by atoms with Gasteiger partial charge in [0.05, 0.1) is 11.7 Å². The van der Waals surface area contributed by atoms with E-state index < -0.39 is 0 Å². The van der Waals surface area contributed by atoms with Crippen molar-refractivity contribution in [2.75, 3.05) is 6.54 Å². The molecular formula is C16H31NO. The molecule has 0 saturated heterocycles. The van der Waals surface area contributed by atoms with Gasteiger partial charge in [-0.05, 0) is 44.9 Å². The third-order valence-corrected chi connectivity index (χ3v) is 4.49. The molecule has 0 heterocycles. The molecule has 3 atom stereocenters. The standard InChI is InChI=1S/C16H31NO/c1-4-6-14(3)18-16(12-17-15-8-9-15)10-5-7-13(2)11-16/h13-15,17H,4-12H2,1-3H3. The lowest BCUT2D eigenvalue weighted by atomic mass is 9.78. The summed E-state index contributed by atoms with van der Waals surface area (Å²) in [4.78, 5) is 0. The second-order valence-corrected chi connectivity index (χ2v) is 6.76. The smallest absolute Gasteiger partial charge is 0.0812 e. The van der Waals surface area contributed by atoms with E-state index in [1.54, 1.807) is 0 Å². The lowest BCUT2D eigenvalue weighted by Crippen LogP contribution is -2.48. The van der Waals surface area contributed by atoms with Crippen molar-refractivity contribution in [1.29, 1.82) is 0 Å². The lowest BCUT2D eigenvalue weighted by molar-refractivity contribution is -0.116. The number of hydrogen-bond donors (Lipinski definition) is 1. The minimum Gasteiger partial charge on any atom is -0.371 e. The van der Waals surface area contributed by atoms with Crippen LogP contribution >= 0.6 is 0 Å². The second kappa shape index (κ2) is 6.38. The summed E-state index contributed by atoms with van der Waals surface area (Å²) in [5, 5.41) is 3.71. The molecule has 2 rings (SSSR count). The molecule has 0 radical (unpaired) electrons. The van der Waals surface area contributed by atoms with Crippen molar-refractivity contribution >= 4 is 0 Å². The summed E-state index contributed by atoms with van der Waals surface area (Å²) in [5.74, 6) is 0.827. The van der Waals surface area contributed by atoms with Crippen LogP contribution in [-0.2, 0) is 4.74 Å². The molecular weight excluding hydrogens is 222 g/mol. The maximum atomic E-state index is 6.51. The first-order valence-electron chi connectivity index (χ1n) is 8.05. The van der Waals surface area contributed by atoms with E-state index in [2.05, 4.69) is 26.1 Å². The van der Waals surface area contributed by atoms with E-state index in [0.717, 1.165) is 18.5 Å². The normalized spacial score (nSPS) is 34.5. The van der Waals surface area contributed by atoms with Crippen molar-refractivity contribution < 1.29 is 4.74 Å². The van der Waals surface area contributed by atoms with Gasteiger partial charge in [-0.1, -0.05) is 33.1 Å². The lowest BCUT2D eigenvalue weighted by Gasteiger charge is -2.42. The third kappa shape index (κ3) is 4.24. The monoisotopic (exact) mass is 253 g/mol. The summed E-state index contributed by atoms with van der Waals surface area (Å²) >= 11 is 0. The summed E-state index contributed by atoms with van der Waals surface area (Å²) in [6.07, 6.45) is 10.8. The molecule has 0 bridgehead atoms. The molecule has 0 aromatic rings. The molecule has 18 heavy (non-hydrogen) atoms. The van der Waals surface area contributed by atoms with Crippen LogP contribution in [0.15, 0.2) is 0 Å². The molecule has 106 valence electrons. The highest BCUT2D eigenvalue weighted by atomic mass is 16.5. The van der Waals surface area contributed by atoms with Crippen LogP contribution < -0.4 is 5.32 Å². The Labute approximate surface area is 113 Å². The summed E-state index contributed by atoms with van der Waals surface area (Å²) in [7, 11) is 0. The van der Waals surface area contributed by atoms with Crippen LogP contribution in [0.2, 0.25) is 0 Å². The van der Waals surface area contributed by atoms with Gasteiger partial charge in [-0.15, -0.1) is 0 Å². The molecule has 2 aliphatic carbocycles. The molecule has 0 amide bonds. The van der Waals surface area contributed by atoms with Crippen LogP contribution in [0.25, 0.3) is 0 Å². The number of nitrogens with one attached hydrogen (secondary N) is 1. The Bertz CT molecular complexity index is 251. The van der Waals surface area contributed by atoms with Crippen molar-refractivity contribution in [3.05, 3.63) is 0 Å². The third-order valence-electron chi connectivity index (χ3n) is 4.49. The van der Waals surface area contributed by atoms with E-state index in [1.165, 1.54) is 51.4 Å². The molecule has 2 saturated carbocycles. The van der Waals surface area contributed by atoms with E-state index in [4.69, 9.17) is 4.74 Å². The Kier molecular flexibility index (Phi) is 5.08. The Morgan fingerprint density at radius 3 is 2.72 bits per heavy atom. The largest absolute Gasteiger partial charge is 0.371 e. The first-order chi connectivity index (χ1) is 8.63. The van der Waals surface area contributed by atoms with Crippen molar-refractivity contribution in [3.8, 4) is 0 Å². The first kappa shape index (κ1) is 14.3. The maximum absolute atomic E-state index is 6.51. The van der Waals surface area contributed by atoms with E-state index in [0.29, 0.717) is 6.10 Å². The molecule has 1 N–H and O–H groups in total. The molecule has 0 spiro atoms.